The van der Waals surface area contributed by atoms with Gasteiger partial charge in [-0.25, -0.2) is 0 Å². The number of nitrogens with zero attached hydrogens (tertiary/aromatic N) is 1. The van der Waals surface area contributed by atoms with Crippen molar-refractivity contribution < 1.29 is 9.72 Å². The minimum absolute atomic E-state index is 0.0288. The van der Waals surface area contributed by atoms with E-state index >= 15 is 0 Å². The van der Waals surface area contributed by atoms with Gasteiger partial charge in [0.25, 0.3) is 11.6 Å². The molecule has 1 atom stereocenters. The molecule has 0 bridgehead atoms. The number of benzene rings is 2. The largest absolute Gasteiger partial charge is 0.360 e. The molecule has 6 nitrogen and oxygen atoms in total. The van der Waals surface area contributed by atoms with Crippen LogP contribution in [0.1, 0.15) is 52.9 Å². The van der Waals surface area contributed by atoms with Crippen LogP contribution >= 0.6 is 0 Å². The average molecular weight is 363 g/mol. The third-order valence-electron chi connectivity index (χ3n) is 5.34. The Morgan fingerprint density at radius 1 is 1.15 bits per heavy atom. The number of fused-ring (bicyclic) bond motifs is 2. The van der Waals surface area contributed by atoms with E-state index in [2.05, 4.69) is 28.5 Å². The highest BCUT2D eigenvalue weighted by molar-refractivity contribution is 6.07. The third kappa shape index (κ3) is 3.30. The van der Waals surface area contributed by atoms with Crippen LogP contribution in [0.15, 0.2) is 42.6 Å². The Bertz CT molecular complexity index is 1040. The summed E-state index contributed by atoms with van der Waals surface area (Å²) in [5.41, 5.74) is 4.95. The van der Waals surface area contributed by atoms with Crippen molar-refractivity contribution in [2.24, 2.45) is 0 Å². The minimum atomic E-state index is -0.454. The first-order valence-electron chi connectivity index (χ1n) is 9.21. The van der Waals surface area contributed by atoms with Crippen LogP contribution in [-0.4, -0.2) is 15.8 Å². The second kappa shape index (κ2) is 6.87. The first kappa shape index (κ1) is 17.3. The summed E-state index contributed by atoms with van der Waals surface area (Å²) in [5.74, 6) is -0.244. The van der Waals surface area contributed by atoms with Crippen LogP contribution in [0, 0.1) is 10.1 Å². The Morgan fingerprint density at radius 3 is 2.70 bits per heavy atom. The average Bonchev–Trinajstić information content (AvgIpc) is 3.10. The monoisotopic (exact) mass is 363 g/mol. The zero-order valence-corrected chi connectivity index (χ0v) is 15.1. The Hall–Kier alpha value is -3.15. The number of aromatic nitrogens is 1. The molecule has 1 heterocycles. The van der Waals surface area contributed by atoms with Gasteiger partial charge in [-0.2, -0.15) is 0 Å². The molecule has 0 saturated carbocycles. The summed E-state index contributed by atoms with van der Waals surface area (Å²) >= 11 is 0. The Kier molecular flexibility index (Phi) is 4.39. The van der Waals surface area contributed by atoms with Crippen molar-refractivity contribution in [3.05, 3.63) is 75.0 Å². The van der Waals surface area contributed by atoms with E-state index in [1.54, 1.807) is 12.3 Å². The topological polar surface area (TPSA) is 88.0 Å². The Balaban J connectivity index is 1.57. The Morgan fingerprint density at radius 2 is 1.93 bits per heavy atom. The fourth-order valence-corrected chi connectivity index (χ4v) is 3.79. The van der Waals surface area contributed by atoms with E-state index in [4.69, 9.17) is 0 Å². The Labute approximate surface area is 156 Å². The molecular weight excluding hydrogens is 342 g/mol. The third-order valence-corrected chi connectivity index (χ3v) is 5.34. The van der Waals surface area contributed by atoms with Crippen LogP contribution in [0.5, 0.6) is 0 Å². The number of carbonyl (C=O) groups excluding carboxylic acids is 1. The maximum absolute atomic E-state index is 12.8. The van der Waals surface area contributed by atoms with Crippen molar-refractivity contribution >= 4 is 22.5 Å². The van der Waals surface area contributed by atoms with Crippen molar-refractivity contribution in [3.63, 3.8) is 0 Å². The van der Waals surface area contributed by atoms with Crippen molar-refractivity contribution in [1.82, 2.24) is 10.3 Å². The van der Waals surface area contributed by atoms with E-state index in [1.165, 1.54) is 36.1 Å². The molecule has 1 aromatic heterocycles. The number of aryl methyl sites for hydroxylation is 2. The number of H-pyrrole nitrogens is 1. The van der Waals surface area contributed by atoms with E-state index in [9.17, 15) is 14.9 Å². The lowest BCUT2D eigenvalue weighted by Gasteiger charge is -2.20. The zero-order chi connectivity index (χ0) is 19.0. The van der Waals surface area contributed by atoms with E-state index in [0.29, 0.717) is 16.5 Å². The molecule has 2 aromatic carbocycles. The molecule has 27 heavy (non-hydrogen) atoms. The number of amides is 1. The van der Waals surface area contributed by atoms with Crippen LogP contribution < -0.4 is 5.32 Å². The summed E-state index contributed by atoms with van der Waals surface area (Å²) in [5, 5.41) is 14.6. The van der Waals surface area contributed by atoms with Gasteiger partial charge in [-0.05, 0) is 55.4 Å². The fraction of sp³-hybridized carbons (Fsp3) is 0.286. The first-order chi connectivity index (χ1) is 13.0. The summed E-state index contributed by atoms with van der Waals surface area (Å²) in [6.45, 7) is 1.96. The summed E-state index contributed by atoms with van der Waals surface area (Å²) in [6.07, 6.45) is 6.28. The minimum Gasteiger partial charge on any atom is -0.360 e. The van der Waals surface area contributed by atoms with Gasteiger partial charge in [0.1, 0.15) is 0 Å². The van der Waals surface area contributed by atoms with Crippen molar-refractivity contribution in [3.8, 4) is 0 Å². The molecule has 1 amide bonds. The summed E-state index contributed by atoms with van der Waals surface area (Å²) < 4.78 is 0. The maximum atomic E-state index is 12.8. The second-order valence-corrected chi connectivity index (χ2v) is 7.12. The SMILES string of the molecule is CC(NC(=O)c1c[nH]c2ccc([N+](=O)[O-])cc12)c1ccc2c(c1)CCCC2. The highest BCUT2D eigenvalue weighted by Gasteiger charge is 2.18. The number of nitro groups is 1. The number of aromatic amines is 1. The van der Waals surface area contributed by atoms with E-state index in [-0.39, 0.29) is 17.6 Å². The van der Waals surface area contributed by atoms with Crippen molar-refractivity contribution in [1.29, 1.82) is 0 Å². The normalized spacial score (nSPS) is 14.6. The number of non-ortho nitro benzene ring substituents is 1. The standard InChI is InChI=1S/C21H21N3O3/c1-13(15-7-6-14-4-2-3-5-16(14)10-15)23-21(25)19-12-22-20-9-8-17(24(26)27)11-18(19)20/h6-13,22H,2-5H2,1H3,(H,23,25). The number of rotatable bonds is 4. The summed E-state index contributed by atoms with van der Waals surface area (Å²) in [6, 6.07) is 10.8. The molecule has 6 heteroatoms. The van der Waals surface area contributed by atoms with Crippen LogP contribution in [-0.2, 0) is 12.8 Å². The first-order valence-corrected chi connectivity index (χ1v) is 9.21. The van der Waals surface area contributed by atoms with Crippen molar-refractivity contribution in [2.75, 3.05) is 0 Å². The molecule has 4 rings (SSSR count). The lowest BCUT2D eigenvalue weighted by Crippen LogP contribution is -2.26. The predicted molar refractivity (Wildman–Crippen MR) is 104 cm³/mol. The molecule has 2 N–H and O–H groups in total. The summed E-state index contributed by atoms with van der Waals surface area (Å²) in [4.78, 5) is 26.3. The number of hydrogen-bond donors (Lipinski definition) is 2. The molecule has 0 spiro atoms. The van der Waals surface area contributed by atoms with Crippen LogP contribution in [0.4, 0.5) is 5.69 Å². The van der Waals surface area contributed by atoms with Crippen LogP contribution in [0.25, 0.3) is 10.9 Å². The summed E-state index contributed by atoms with van der Waals surface area (Å²) in [7, 11) is 0. The maximum Gasteiger partial charge on any atom is 0.270 e. The number of carbonyl (C=O) groups is 1. The van der Waals surface area contributed by atoms with E-state index in [0.717, 1.165) is 18.4 Å². The van der Waals surface area contributed by atoms with Gasteiger partial charge in [-0.3, -0.25) is 14.9 Å². The van der Waals surface area contributed by atoms with Gasteiger partial charge in [-0.15, -0.1) is 0 Å². The molecule has 0 aliphatic heterocycles. The predicted octanol–water partition coefficient (Wildman–Crippen LogP) is 4.45. The molecule has 1 unspecified atom stereocenters. The molecule has 138 valence electrons. The quantitative estimate of drug-likeness (QED) is 0.530. The molecule has 1 aliphatic rings. The molecule has 0 saturated heterocycles. The molecule has 1 aliphatic carbocycles. The highest BCUT2D eigenvalue weighted by Crippen LogP contribution is 2.26. The number of hydrogen-bond acceptors (Lipinski definition) is 3. The molecular formula is C21H21N3O3. The van der Waals surface area contributed by atoms with Gasteiger partial charge in [0, 0.05) is 29.2 Å². The van der Waals surface area contributed by atoms with Gasteiger partial charge in [0.05, 0.1) is 16.5 Å². The highest BCUT2D eigenvalue weighted by atomic mass is 16.6. The number of nitrogens with one attached hydrogen (secondary N) is 2. The fourth-order valence-electron chi connectivity index (χ4n) is 3.79. The van der Waals surface area contributed by atoms with Gasteiger partial charge < -0.3 is 10.3 Å². The van der Waals surface area contributed by atoms with E-state index < -0.39 is 4.92 Å². The lowest BCUT2D eigenvalue weighted by molar-refractivity contribution is -0.384. The number of nitro benzene ring substituents is 1. The smallest absolute Gasteiger partial charge is 0.270 e. The van der Waals surface area contributed by atoms with Crippen LogP contribution in [0.2, 0.25) is 0 Å². The van der Waals surface area contributed by atoms with Gasteiger partial charge >= 0.3 is 0 Å². The zero-order valence-electron chi connectivity index (χ0n) is 15.1. The van der Waals surface area contributed by atoms with Gasteiger partial charge in [-0.1, -0.05) is 18.2 Å². The second-order valence-electron chi connectivity index (χ2n) is 7.12. The lowest BCUT2D eigenvalue weighted by atomic mass is 9.89. The molecule has 0 radical (unpaired) electrons. The molecule has 3 aromatic rings. The molecule has 0 fully saturated rings. The van der Waals surface area contributed by atoms with Crippen LogP contribution in [0.3, 0.4) is 0 Å². The van der Waals surface area contributed by atoms with E-state index in [1.807, 2.05) is 6.92 Å². The van der Waals surface area contributed by atoms with Gasteiger partial charge in [0.2, 0.25) is 0 Å². The van der Waals surface area contributed by atoms with Crippen molar-refractivity contribution in [2.45, 2.75) is 38.6 Å². The van der Waals surface area contributed by atoms with Gasteiger partial charge in [0.15, 0.2) is 0 Å².